The summed E-state index contributed by atoms with van der Waals surface area (Å²) >= 11 is 0. The van der Waals surface area contributed by atoms with Crippen LogP contribution in [0, 0.1) is 5.92 Å². The molecule has 0 aliphatic heterocycles. The Morgan fingerprint density at radius 2 is 2.21 bits per heavy atom. The summed E-state index contributed by atoms with van der Waals surface area (Å²) in [7, 11) is 0. The van der Waals surface area contributed by atoms with Crippen LogP contribution in [0.5, 0.6) is 0 Å². The maximum absolute atomic E-state index is 9.55. The van der Waals surface area contributed by atoms with Crippen molar-refractivity contribution >= 4 is 0 Å². The molecular weight excluding hydrogens is 178 g/mol. The average Bonchev–Trinajstić information content (AvgIpc) is 2.90. The first-order chi connectivity index (χ1) is 6.63. The summed E-state index contributed by atoms with van der Waals surface area (Å²) in [6, 6.07) is 0.647. The summed E-state index contributed by atoms with van der Waals surface area (Å²) in [6.45, 7) is 7.27. The molecule has 2 N–H and O–H groups in total. The van der Waals surface area contributed by atoms with Gasteiger partial charge < -0.3 is 15.2 Å². The zero-order valence-electron chi connectivity index (χ0n) is 9.49. The zero-order valence-corrected chi connectivity index (χ0v) is 9.49. The molecule has 0 amide bonds. The van der Waals surface area contributed by atoms with Crippen molar-refractivity contribution in [3.63, 3.8) is 0 Å². The highest BCUT2D eigenvalue weighted by Gasteiger charge is 2.34. The van der Waals surface area contributed by atoms with Crippen LogP contribution < -0.4 is 5.32 Å². The van der Waals surface area contributed by atoms with Gasteiger partial charge in [-0.25, -0.2) is 0 Å². The van der Waals surface area contributed by atoms with Crippen molar-refractivity contribution in [3.8, 4) is 0 Å². The second kappa shape index (κ2) is 5.69. The molecule has 1 fully saturated rings. The highest BCUT2D eigenvalue weighted by Crippen LogP contribution is 2.32. The molecule has 3 heteroatoms. The molecule has 14 heavy (non-hydrogen) atoms. The molecule has 0 spiro atoms. The lowest BCUT2D eigenvalue weighted by Crippen LogP contribution is -2.33. The van der Waals surface area contributed by atoms with Crippen LogP contribution in [0.25, 0.3) is 0 Å². The maximum atomic E-state index is 9.55. The van der Waals surface area contributed by atoms with Crippen molar-refractivity contribution in [2.75, 3.05) is 13.2 Å². The summed E-state index contributed by atoms with van der Waals surface area (Å²) in [5.74, 6) is 0.841. The van der Waals surface area contributed by atoms with Crippen LogP contribution in [0.4, 0.5) is 0 Å². The average molecular weight is 201 g/mol. The monoisotopic (exact) mass is 201 g/mol. The van der Waals surface area contributed by atoms with Crippen LogP contribution in [0.2, 0.25) is 0 Å². The van der Waals surface area contributed by atoms with Crippen LogP contribution in [0.1, 0.15) is 33.6 Å². The molecule has 0 heterocycles. The Morgan fingerprint density at radius 3 is 2.71 bits per heavy atom. The predicted molar refractivity (Wildman–Crippen MR) is 57.3 cm³/mol. The smallest absolute Gasteiger partial charge is 0.0897 e. The molecule has 1 saturated carbocycles. The van der Waals surface area contributed by atoms with Gasteiger partial charge in [-0.15, -0.1) is 0 Å². The van der Waals surface area contributed by atoms with Gasteiger partial charge in [0.1, 0.15) is 0 Å². The number of aliphatic hydroxyl groups excluding tert-OH is 1. The van der Waals surface area contributed by atoms with Crippen molar-refractivity contribution < 1.29 is 9.84 Å². The number of hydrogen-bond acceptors (Lipinski definition) is 3. The molecule has 1 aliphatic carbocycles. The van der Waals surface area contributed by atoms with E-state index in [4.69, 9.17) is 4.74 Å². The third-order valence-electron chi connectivity index (χ3n) is 2.68. The van der Waals surface area contributed by atoms with Crippen LogP contribution in [-0.2, 0) is 4.74 Å². The molecule has 3 nitrogen and oxygen atoms in total. The van der Waals surface area contributed by atoms with Gasteiger partial charge in [0, 0.05) is 12.6 Å². The van der Waals surface area contributed by atoms with E-state index in [1.54, 1.807) is 0 Å². The molecule has 1 rings (SSSR count). The van der Waals surface area contributed by atoms with Gasteiger partial charge >= 0.3 is 0 Å². The maximum Gasteiger partial charge on any atom is 0.0897 e. The Bertz CT molecular complexity index is 161. The normalized spacial score (nSPS) is 28.1. The van der Waals surface area contributed by atoms with Gasteiger partial charge in [-0.05, 0) is 26.2 Å². The van der Waals surface area contributed by atoms with Crippen molar-refractivity contribution in [2.45, 2.75) is 51.9 Å². The summed E-state index contributed by atoms with van der Waals surface area (Å²) < 4.78 is 5.32. The summed E-state index contributed by atoms with van der Waals surface area (Å²) in [4.78, 5) is 0. The number of nitrogens with one attached hydrogen (secondary N) is 1. The largest absolute Gasteiger partial charge is 0.389 e. The fourth-order valence-electron chi connectivity index (χ4n) is 1.60. The predicted octanol–water partition coefficient (Wildman–Crippen LogP) is 1.16. The van der Waals surface area contributed by atoms with E-state index in [1.165, 1.54) is 12.8 Å². The second-order valence-corrected chi connectivity index (χ2v) is 4.45. The van der Waals surface area contributed by atoms with Crippen molar-refractivity contribution in [3.05, 3.63) is 0 Å². The van der Waals surface area contributed by atoms with E-state index in [2.05, 4.69) is 12.2 Å². The molecule has 0 aromatic carbocycles. The van der Waals surface area contributed by atoms with E-state index in [0.717, 1.165) is 5.92 Å². The molecule has 3 unspecified atom stereocenters. The number of ether oxygens (including phenoxy) is 1. The molecule has 0 radical (unpaired) electrons. The lowest BCUT2D eigenvalue weighted by atomic mass is 10.3. The van der Waals surface area contributed by atoms with E-state index in [1.807, 2.05) is 13.8 Å². The molecule has 0 aromatic rings. The van der Waals surface area contributed by atoms with E-state index >= 15 is 0 Å². The van der Waals surface area contributed by atoms with Crippen LogP contribution in [0.3, 0.4) is 0 Å². The highest BCUT2D eigenvalue weighted by atomic mass is 16.5. The first kappa shape index (κ1) is 12.0. The van der Waals surface area contributed by atoms with Crippen molar-refractivity contribution in [2.24, 2.45) is 5.92 Å². The van der Waals surface area contributed by atoms with Gasteiger partial charge in [0.15, 0.2) is 0 Å². The SMILES string of the molecule is CCC1CC1NCC(O)COC(C)C. The third kappa shape index (κ3) is 4.40. The Balaban J connectivity index is 1.96. The fourth-order valence-corrected chi connectivity index (χ4v) is 1.60. The molecule has 3 atom stereocenters. The highest BCUT2D eigenvalue weighted by molar-refractivity contribution is 4.92. The minimum atomic E-state index is -0.365. The standard InChI is InChI=1S/C11H23NO2/c1-4-9-5-11(9)12-6-10(13)7-14-8(2)3/h8-13H,4-7H2,1-3H3. The Hall–Kier alpha value is -0.120. The second-order valence-electron chi connectivity index (χ2n) is 4.45. The third-order valence-corrected chi connectivity index (χ3v) is 2.68. The summed E-state index contributed by atoms with van der Waals surface area (Å²) in [5, 5.41) is 12.9. The van der Waals surface area contributed by atoms with E-state index in [9.17, 15) is 5.11 Å². The summed E-state index contributed by atoms with van der Waals surface area (Å²) in [6.07, 6.45) is 2.36. The van der Waals surface area contributed by atoms with Gasteiger partial charge in [0.25, 0.3) is 0 Å². The minimum absolute atomic E-state index is 0.203. The van der Waals surface area contributed by atoms with Crippen LogP contribution >= 0.6 is 0 Å². The van der Waals surface area contributed by atoms with Crippen LogP contribution in [-0.4, -0.2) is 36.5 Å². The number of hydrogen-bond donors (Lipinski definition) is 2. The van der Waals surface area contributed by atoms with E-state index < -0.39 is 0 Å². The number of aliphatic hydroxyl groups is 1. The quantitative estimate of drug-likeness (QED) is 0.649. The van der Waals surface area contributed by atoms with Gasteiger partial charge in [0.2, 0.25) is 0 Å². The topological polar surface area (TPSA) is 41.5 Å². The first-order valence-electron chi connectivity index (χ1n) is 5.66. The molecule has 1 aliphatic rings. The Morgan fingerprint density at radius 1 is 1.50 bits per heavy atom. The van der Waals surface area contributed by atoms with Gasteiger partial charge in [-0.3, -0.25) is 0 Å². The first-order valence-corrected chi connectivity index (χ1v) is 5.66. The van der Waals surface area contributed by atoms with Gasteiger partial charge in [-0.1, -0.05) is 13.3 Å². The lowest BCUT2D eigenvalue weighted by molar-refractivity contribution is 0.00618. The minimum Gasteiger partial charge on any atom is -0.389 e. The zero-order chi connectivity index (χ0) is 10.6. The molecular formula is C11H23NO2. The van der Waals surface area contributed by atoms with Gasteiger partial charge in [-0.2, -0.15) is 0 Å². The van der Waals surface area contributed by atoms with Crippen molar-refractivity contribution in [1.82, 2.24) is 5.32 Å². The van der Waals surface area contributed by atoms with Crippen LogP contribution in [0.15, 0.2) is 0 Å². The van der Waals surface area contributed by atoms with Gasteiger partial charge in [0.05, 0.1) is 18.8 Å². The molecule has 0 saturated heterocycles. The lowest BCUT2D eigenvalue weighted by Gasteiger charge is -2.14. The molecule has 84 valence electrons. The van der Waals surface area contributed by atoms with E-state index in [-0.39, 0.29) is 12.2 Å². The van der Waals surface area contributed by atoms with E-state index in [0.29, 0.717) is 19.2 Å². The Kier molecular flexibility index (Phi) is 4.85. The van der Waals surface area contributed by atoms with Crippen molar-refractivity contribution in [1.29, 1.82) is 0 Å². The number of rotatable bonds is 7. The Labute approximate surface area is 86.8 Å². The molecule has 0 bridgehead atoms. The summed E-state index contributed by atoms with van der Waals surface area (Å²) in [5.41, 5.74) is 0. The molecule has 0 aromatic heterocycles. The fraction of sp³-hybridized carbons (Fsp3) is 1.00.